The highest BCUT2D eigenvalue weighted by Gasteiger charge is 2.23. The minimum atomic E-state index is -3.55. The molecule has 7 heteroatoms. The van der Waals surface area contributed by atoms with E-state index in [0.29, 0.717) is 12.1 Å². The minimum Gasteiger partial charge on any atom is -0.295 e. The highest BCUT2D eigenvalue weighted by molar-refractivity contribution is 7.89. The average Bonchev–Trinajstić information content (AvgIpc) is 3.07. The van der Waals surface area contributed by atoms with Crippen LogP contribution in [-0.4, -0.2) is 32.4 Å². The zero-order valence-corrected chi connectivity index (χ0v) is 15.0. The second-order valence-electron chi connectivity index (χ2n) is 5.93. The fourth-order valence-corrected chi connectivity index (χ4v) is 4.81. The van der Waals surface area contributed by atoms with Crippen LogP contribution in [0.15, 0.2) is 40.6 Å². The first-order valence-corrected chi connectivity index (χ1v) is 10.1. The van der Waals surface area contributed by atoms with Crippen molar-refractivity contribution in [3.63, 3.8) is 0 Å². The molecule has 2 heterocycles. The van der Waals surface area contributed by atoms with Gasteiger partial charge < -0.3 is 0 Å². The van der Waals surface area contributed by atoms with E-state index >= 15 is 0 Å². The standard InChI is InChI=1S/C17H19N3O2S2/c1-13(20-8-6-17-15(12-20)7-9-23-17)11-19-24(21,22)16-4-2-14(10-18)3-5-16/h2-5,7,9,13,19H,6,8,11-12H2,1H3/t13-/m1/s1. The van der Waals surface area contributed by atoms with Crippen LogP contribution in [0.2, 0.25) is 0 Å². The molecule has 0 unspecified atom stereocenters. The Morgan fingerprint density at radius 3 is 2.79 bits per heavy atom. The molecule has 0 radical (unpaired) electrons. The van der Waals surface area contributed by atoms with E-state index in [4.69, 9.17) is 5.26 Å². The monoisotopic (exact) mass is 361 g/mol. The van der Waals surface area contributed by atoms with Gasteiger partial charge in [0.25, 0.3) is 0 Å². The summed E-state index contributed by atoms with van der Waals surface area (Å²) in [5.74, 6) is 0. The van der Waals surface area contributed by atoms with Gasteiger partial charge in [0.1, 0.15) is 0 Å². The van der Waals surface area contributed by atoms with Gasteiger partial charge in [0, 0.05) is 30.6 Å². The minimum absolute atomic E-state index is 0.117. The number of rotatable bonds is 5. The predicted octanol–water partition coefficient (Wildman–Crippen LogP) is 2.34. The molecule has 1 aromatic heterocycles. The first kappa shape index (κ1) is 17.1. The zero-order chi connectivity index (χ0) is 17.2. The molecule has 0 saturated carbocycles. The molecule has 2 aromatic rings. The van der Waals surface area contributed by atoms with Crippen LogP contribution in [0.25, 0.3) is 0 Å². The third kappa shape index (κ3) is 3.68. The lowest BCUT2D eigenvalue weighted by atomic mass is 10.1. The molecule has 0 amide bonds. The Kier molecular flexibility index (Phi) is 5.01. The molecular weight excluding hydrogens is 342 g/mol. The number of thiophene rings is 1. The molecule has 3 rings (SSSR count). The molecule has 1 aliphatic rings. The van der Waals surface area contributed by atoms with E-state index in [9.17, 15) is 8.42 Å². The van der Waals surface area contributed by atoms with E-state index in [0.717, 1.165) is 19.5 Å². The highest BCUT2D eigenvalue weighted by Crippen LogP contribution is 2.25. The summed E-state index contributed by atoms with van der Waals surface area (Å²) in [4.78, 5) is 3.93. The third-order valence-electron chi connectivity index (χ3n) is 4.32. The fourth-order valence-electron chi connectivity index (χ4n) is 2.80. The Hall–Kier alpha value is -1.72. The molecule has 0 saturated heterocycles. The largest absolute Gasteiger partial charge is 0.295 e. The molecule has 0 aliphatic carbocycles. The highest BCUT2D eigenvalue weighted by atomic mass is 32.2. The summed E-state index contributed by atoms with van der Waals surface area (Å²) in [5, 5.41) is 10.9. The number of sulfonamides is 1. The van der Waals surface area contributed by atoms with Gasteiger partial charge in [-0.2, -0.15) is 5.26 Å². The van der Waals surface area contributed by atoms with Gasteiger partial charge in [0.15, 0.2) is 0 Å². The van der Waals surface area contributed by atoms with Gasteiger partial charge >= 0.3 is 0 Å². The normalized spacial score (nSPS) is 16.3. The van der Waals surface area contributed by atoms with Crippen LogP contribution in [-0.2, 0) is 23.0 Å². The predicted molar refractivity (Wildman–Crippen MR) is 94.2 cm³/mol. The van der Waals surface area contributed by atoms with Gasteiger partial charge in [-0.3, -0.25) is 4.90 Å². The van der Waals surface area contributed by atoms with Gasteiger partial charge in [-0.05, 0) is 54.6 Å². The summed E-state index contributed by atoms with van der Waals surface area (Å²) in [6.07, 6.45) is 1.03. The first-order valence-electron chi connectivity index (χ1n) is 7.79. The van der Waals surface area contributed by atoms with E-state index in [1.165, 1.54) is 34.7 Å². The van der Waals surface area contributed by atoms with Crippen molar-refractivity contribution in [1.82, 2.24) is 9.62 Å². The van der Waals surface area contributed by atoms with Crippen molar-refractivity contribution >= 4 is 21.4 Å². The maximum absolute atomic E-state index is 12.4. The molecule has 0 fully saturated rings. The average molecular weight is 361 g/mol. The van der Waals surface area contributed by atoms with Crippen molar-refractivity contribution in [3.8, 4) is 6.07 Å². The number of benzene rings is 1. The number of nitriles is 1. The third-order valence-corrected chi connectivity index (χ3v) is 6.79. The maximum atomic E-state index is 12.4. The van der Waals surface area contributed by atoms with Gasteiger partial charge in [-0.15, -0.1) is 11.3 Å². The molecule has 126 valence electrons. The molecule has 1 atom stereocenters. The summed E-state index contributed by atoms with van der Waals surface area (Å²) in [5.41, 5.74) is 1.80. The quantitative estimate of drug-likeness (QED) is 0.887. The van der Waals surface area contributed by atoms with E-state index in [-0.39, 0.29) is 10.9 Å². The zero-order valence-electron chi connectivity index (χ0n) is 13.4. The summed E-state index contributed by atoms with van der Waals surface area (Å²) in [6, 6.07) is 10.2. The Bertz CT molecular complexity index is 851. The van der Waals surface area contributed by atoms with Crippen molar-refractivity contribution in [2.75, 3.05) is 13.1 Å². The van der Waals surface area contributed by atoms with Gasteiger partial charge in [-0.1, -0.05) is 0 Å². The molecule has 0 bridgehead atoms. The topological polar surface area (TPSA) is 73.2 Å². The van der Waals surface area contributed by atoms with E-state index in [1.807, 2.05) is 13.0 Å². The Balaban J connectivity index is 1.61. The van der Waals surface area contributed by atoms with Crippen LogP contribution in [0, 0.1) is 11.3 Å². The lowest BCUT2D eigenvalue weighted by Crippen LogP contribution is -2.44. The first-order chi connectivity index (χ1) is 11.5. The smallest absolute Gasteiger partial charge is 0.240 e. The number of nitrogens with zero attached hydrogens (tertiary/aromatic N) is 2. The fraction of sp³-hybridized carbons (Fsp3) is 0.353. The molecular formula is C17H19N3O2S2. The van der Waals surface area contributed by atoms with Crippen molar-refractivity contribution in [2.24, 2.45) is 0 Å². The Morgan fingerprint density at radius 2 is 2.08 bits per heavy atom. The number of nitrogens with one attached hydrogen (secondary N) is 1. The van der Waals surface area contributed by atoms with Crippen molar-refractivity contribution in [2.45, 2.75) is 30.8 Å². The second kappa shape index (κ2) is 7.03. The molecule has 1 aliphatic heterocycles. The number of hydrogen-bond donors (Lipinski definition) is 1. The lowest BCUT2D eigenvalue weighted by Gasteiger charge is -2.32. The van der Waals surface area contributed by atoms with E-state index in [2.05, 4.69) is 21.1 Å². The second-order valence-corrected chi connectivity index (χ2v) is 8.69. The Labute approximate surface area is 146 Å². The summed E-state index contributed by atoms with van der Waals surface area (Å²) < 4.78 is 27.4. The van der Waals surface area contributed by atoms with Crippen molar-refractivity contribution in [1.29, 1.82) is 5.26 Å². The Morgan fingerprint density at radius 1 is 1.33 bits per heavy atom. The van der Waals surface area contributed by atoms with E-state index < -0.39 is 10.0 Å². The van der Waals surface area contributed by atoms with Crippen LogP contribution in [0.3, 0.4) is 0 Å². The lowest BCUT2D eigenvalue weighted by molar-refractivity contribution is 0.193. The van der Waals surface area contributed by atoms with E-state index in [1.54, 1.807) is 11.3 Å². The van der Waals surface area contributed by atoms with Crippen LogP contribution < -0.4 is 4.72 Å². The maximum Gasteiger partial charge on any atom is 0.240 e. The molecule has 0 spiro atoms. The molecule has 1 N–H and O–H groups in total. The molecule has 24 heavy (non-hydrogen) atoms. The van der Waals surface area contributed by atoms with Crippen LogP contribution in [0.5, 0.6) is 0 Å². The summed E-state index contributed by atoms with van der Waals surface area (Å²) >= 11 is 1.80. The SMILES string of the molecule is C[C@H](CNS(=O)(=O)c1ccc(C#N)cc1)N1CCc2sccc2C1. The number of fused-ring (bicyclic) bond motifs is 1. The molecule has 5 nitrogen and oxygen atoms in total. The number of hydrogen-bond acceptors (Lipinski definition) is 5. The summed E-state index contributed by atoms with van der Waals surface area (Å²) in [7, 11) is -3.55. The van der Waals surface area contributed by atoms with Crippen LogP contribution in [0.4, 0.5) is 0 Å². The van der Waals surface area contributed by atoms with Crippen LogP contribution >= 0.6 is 11.3 Å². The van der Waals surface area contributed by atoms with Gasteiger partial charge in [0.05, 0.1) is 16.5 Å². The van der Waals surface area contributed by atoms with Crippen molar-refractivity contribution in [3.05, 3.63) is 51.7 Å². The molecule has 1 aromatic carbocycles. The van der Waals surface area contributed by atoms with Gasteiger partial charge in [0.2, 0.25) is 10.0 Å². The van der Waals surface area contributed by atoms with Crippen molar-refractivity contribution < 1.29 is 8.42 Å². The van der Waals surface area contributed by atoms with Crippen LogP contribution in [0.1, 0.15) is 22.9 Å². The van der Waals surface area contributed by atoms with Gasteiger partial charge in [-0.25, -0.2) is 13.1 Å². The summed E-state index contributed by atoms with van der Waals surface area (Å²) in [6.45, 7) is 4.23.